The number of hydrogen-bond donors (Lipinski definition) is 2. The molecule has 0 radical (unpaired) electrons. The Balaban J connectivity index is 2.60. The molecule has 1 unspecified atom stereocenters. The summed E-state index contributed by atoms with van der Waals surface area (Å²) >= 11 is 3.34. The Morgan fingerprint density at radius 3 is 2.50 bits per heavy atom. The van der Waals surface area contributed by atoms with Crippen LogP contribution in [-0.2, 0) is 4.79 Å². The molecule has 0 aromatic heterocycles. The first-order valence-electron chi connectivity index (χ1n) is 5.36. The molecule has 1 rings (SSSR count). The van der Waals surface area contributed by atoms with Gasteiger partial charge in [-0.15, -0.1) is 0 Å². The van der Waals surface area contributed by atoms with E-state index in [-0.39, 0.29) is 11.8 Å². The van der Waals surface area contributed by atoms with Crippen LogP contribution < -0.4 is 11.1 Å². The largest absolute Gasteiger partial charge is 0.325 e. The molecule has 3 N–H and O–H groups in total. The van der Waals surface area contributed by atoms with Crippen LogP contribution in [0.1, 0.15) is 20.3 Å². The van der Waals surface area contributed by atoms with E-state index in [4.69, 9.17) is 5.73 Å². The number of amides is 1. The molecular formula is C12H17BrN2O. The van der Waals surface area contributed by atoms with Crippen LogP contribution in [0.4, 0.5) is 5.69 Å². The van der Waals surface area contributed by atoms with Gasteiger partial charge in [0, 0.05) is 10.2 Å². The molecule has 0 saturated carbocycles. The van der Waals surface area contributed by atoms with Crippen molar-refractivity contribution in [2.24, 2.45) is 11.7 Å². The molecule has 0 aliphatic rings. The fourth-order valence-electron chi connectivity index (χ4n) is 1.27. The van der Waals surface area contributed by atoms with Crippen molar-refractivity contribution in [3.63, 3.8) is 0 Å². The average Bonchev–Trinajstić information content (AvgIpc) is 2.30. The number of nitrogens with one attached hydrogen (secondary N) is 1. The summed E-state index contributed by atoms with van der Waals surface area (Å²) in [6.45, 7) is 4.00. The zero-order valence-electron chi connectivity index (χ0n) is 9.53. The quantitative estimate of drug-likeness (QED) is 0.893. The normalized spacial score (nSPS) is 14.2. The van der Waals surface area contributed by atoms with Crippen molar-refractivity contribution >= 4 is 27.5 Å². The Bertz CT molecular complexity index is 351. The zero-order valence-corrected chi connectivity index (χ0v) is 11.1. The molecule has 0 heterocycles. The Morgan fingerprint density at radius 1 is 1.44 bits per heavy atom. The number of hydrogen-bond acceptors (Lipinski definition) is 2. The van der Waals surface area contributed by atoms with Crippen LogP contribution in [0.15, 0.2) is 28.7 Å². The summed E-state index contributed by atoms with van der Waals surface area (Å²) in [5, 5.41) is 2.80. The van der Waals surface area contributed by atoms with E-state index in [2.05, 4.69) is 21.2 Å². The second kappa shape index (κ2) is 6.01. The predicted octanol–water partition coefficient (Wildman–Crippen LogP) is 2.76. The van der Waals surface area contributed by atoms with Crippen LogP contribution >= 0.6 is 15.9 Å². The number of anilines is 1. The smallest absolute Gasteiger partial charge is 0.241 e. The Labute approximate surface area is 105 Å². The minimum Gasteiger partial charge on any atom is -0.325 e. The van der Waals surface area contributed by atoms with Gasteiger partial charge in [-0.25, -0.2) is 0 Å². The number of benzene rings is 1. The minimum absolute atomic E-state index is 0.128. The van der Waals surface area contributed by atoms with Crippen LogP contribution in [0.2, 0.25) is 0 Å². The maximum Gasteiger partial charge on any atom is 0.241 e. The van der Waals surface area contributed by atoms with Crippen molar-refractivity contribution < 1.29 is 4.79 Å². The lowest BCUT2D eigenvalue weighted by molar-refractivity contribution is -0.118. The van der Waals surface area contributed by atoms with Gasteiger partial charge in [-0.05, 0) is 30.2 Å². The lowest BCUT2D eigenvalue weighted by Gasteiger charge is -2.17. The maximum absolute atomic E-state index is 11.7. The fraction of sp³-hybridized carbons (Fsp3) is 0.417. The van der Waals surface area contributed by atoms with E-state index in [1.54, 1.807) is 0 Å². The number of carbonyl (C=O) groups is 1. The van der Waals surface area contributed by atoms with Gasteiger partial charge in [0.25, 0.3) is 0 Å². The van der Waals surface area contributed by atoms with Gasteiger partial charge < -0.3 is 11.1 Å². The molecule has 0 bridgehead atoms. The molecule has 0 aliphatic heterocycles. The lowest BCUT2D eigenvalue weighted by Crippen LogP contribution is -2.40. The Morgan fingerprint density at radius 2 is 2.00 bits per heavy atom. The van der Waals surface area contributed by atoms with E-state index in [9.17, 15) is 4.79 Å². The minimum atomic E-state index is -0.450. The summed E-state index contributed by atoms with van der Waals surface area (Å²) in [5.74, 6) is 0.0621. The highest BCUT2D eigenvalue weighted by molar-refractivity contribution is 9.10. The van der Waals surface area contributed by atoms with Crippen molar-refractivity contribution in [1.82, 2.24) is 0 Å². The van der Waals surface area contributed by atoms with E-state index in [0.717, 1.165) is 16.6 Å². The topological polar surface area (TPSA) is 55.1 Å². The zero-order chi connectivity index (χ0) is 12.1. The first-order chi connectivity index (χ1) is 7.54. The molecule has 0 fully saturated rings. The SMILES string of the molecule is CCC(C)[C@H](N)C(=O)Nc1ccc(Br)cc1. The van der Waals surface area contributed by atoms with Crippen LogP contribution in [0.25, 0.3) is 0 Å². The predicted molar refractivity (Wildman–Crippen MR) is 70.2 cm³/mol. The molecule has 88 valence electrons. The number of carbonyl (C=O) groups excluding carboxylic acids is 1. The van der Waals surface area contributed by atoms with Crippen LogP contribution in [0, 0.1) is 5.92 Å². The first kappa shape index (κ1) is 13.2. The highest BCUT2D eigenvalue weighted by Gasteiger charge is 2.19. The summed E-state index contributed by atoms with van der Waals surface area (Å²) in [4.78, 5) is 11.7. The molecule has 0 aliphatic carbocycles. The second-order valence-corrected chi connectivity index (χ2v) is 4.82. The van der Waals surface area contributed by atoms with Gasteiger partial charge in [-0.1, -0.05) is 36.2 Å². The van der Waals surface area contributed by atoms with Gasteiger partial charge in [0.1, 0.15) is 0 Å². The summed E-state index contributed by atoms with van der Waals surface area (Å²) < 4.78 is 0.983. The molecule has 1 aromatic rings. The molecule has 2 atom stereocenters. The van der Waals surface area contributed by atoms with Crippen LogP contribution in [0.3, 0.4) is 0 Å². The van der Waals surface area contributed by atoms with Gasteiger partial charge in [-0.2, -0.15) is 0 Å². The summed E-state index contributed by atoms with van der Waals surface area (Å²) in [6, 6.07) is 6.99. The van der Waals surface area contributed by atoms with Gasteiger partial charge in [0.15, 0.2) is 0 Å². The lowest BCUT2D eigenvalue weighted by atomic mass is 9.99. The molecule has 4 heteroatoms. The second-order valence-electron chi connectivity index (χ2n) is 3.91. The van der Waals surface area contributed by atoms with Crippen molar-refractivity contribution in [1.29, 1.82) is 0 Å². The van der Waals surface area contributed by atoms with Crippen LogP contribution in [0.5, 0.6) is 0 Å². The van der Waals surface area contributed by atoms with Crippen molar-refractivity contribution in [2.45, 2.75) is 26.3 Å². The Hall–Kier alpha value is -0.870. The third kappa shape index (κ3) is 3.61. The molecule has 0 spiro atoms. The van der Waals surface area contributed by atoms with Crippen molar-refractivity contribution in [3.05, 3.63) is 28.7 Å². The van der Waals surface area contributed by atoms with Gasteiger partial charge in [0.05, 0.1) is 6.04 Å². The molecular weight excluding hydrogens is 268 g/mol. The summed E-state index contributed by atoms with van der Waals surface area (Å²) in [7, 11) is 0. The number of nitrogens with two attached hydrogens (primary N) is 1. The van der Waals surface area contributed by atoms with E-state index in [1.165, 1.54) is 0 Å². The third-order valence-corrected chi connectivity index (χ3v) is 3.20. The highest BCUT2D eigenvalue weighted by Crippen LogP contribution is 2.15. The molecule has 16 heavy (non-hydrogen) atoms. The van der Waals surface area contributed by atoms with E-state index in [0.29, 0.717) is 0 Å². The molecule has 3 nitrogen and oxygen atoms in total. The van der Waals surface area contributed by atoms with E-state index < -0.39 is 6.04 Å². The van der Waals surface area contributed by atoms with E-state index >= 15 is 0 Å². The summed E-state index contributed by atoms with van der Waals surface area (Å²) in [5.41, 5.74) is 6.60. The Kier molecular flexibility index (Phi) is 4.96. The maximum atomic E-state index is 11.7. The van der Waals surface area contributed by atoms with Gasteiger partial charge in [-0.3, -0.25) is 4.79 Å². The molecule has 1 aromatic carbocycles. The van der Waals surface area contributed by atoms with Crippen molar-refractivity contribution in [3.8, 4) is 0 Å². The first-order valence-corrected chi connectivity index (χ1v) is 6.16. The fourth-order valence-corrected chi connectivity index (χ4v) is 1.54. The molecule has 0 saturated heterocycles. The standard InChI is InChI=1S/C12H17BrN2O/c1-3-8(2)11(14)12(16)15-10-6-4-9(13)5-7-10/h4-8,11H,3,14H2,1-2H3,(H,15,16)/t8?,11-/m0/s1. The molecule has 1 amide bonds. The van der Waals surface area contributed by atoms with Gasteiger partial charge in [0.2, 0.25) is 5.91 Å². The monoisotopic (exact) mass is 284 g/mol. The van der Waals surface area contributed by atoms with Gasteiger partial charge >= 0.3 is 0 Å². The van der Waals surface area contributed by atoms with Crippen LogP contribution in [-0.4, -0.2) is 11.9 Å². The summed E-state index contributed by atoms with van der Waals surface area (Å²) in [6.07, 6.45) is 0.898. The average molecular weight is 285 g/mol. The highest BCUT2D eigenvalue weighted by atomic mass is 79.9. The third-order valence-electron chi connectivity index (χ3n) is 2.67. The number of rotatable bonds is 4. The van der Waals surface area contributed by atoms with E-state index in [1.807, 2.05) is 38.1 Å². The number of halogens is 1. The van der Waals surface area contributed by atoms with Crippen molar-refractivity contribution in [2.75, 3.05) is 5.32 Å².